The summed E-state index contributed by atoms with van der Waals surface area (Å²) in [4.78, 5) is 0. The molecule has 0 aromatic heterocycles. The molecule has 6 N–H and O–H groups in total. The van der Waals surface area contributed by atoms with E-state index in [2.05, 4.69) is 0 Å². The standard InChI is InChI=1S/C5H15N3/c1-4(7)5(8)2-3-6/h4-5H,2-3,6-8H2,1H3. The molecule has 0 aliphatic carbocycles. The lowest BCUT2D eigenvalue weighted by Crippen LogP contribution is -2.40. The zero-order chi connectivity index (χ0) is 6.57. The second-order valence-corrected chi connectivity index (χ2v) is 2.10. The summed E-state index contributed by atoms with van der Waals surface area (Å²) in [5.74, 6) is 0. The van der Waals surface area contributed by atoms with E-state index in [1.54, 1.807) is 0 Å². The smallest absolute Gasteiger partial charge is 0.0201 e. The number of nitrogens with two attached hydrogens (primary N) is 3. The van der Waals surface area contributed by atoms with Gasteiger partial charge in [0, 0.05) is 12.1 Å². The van der Waals surface area contributed by atoms with Gasteiger partial charge in [0.25, 0.3) is 0 Å². The van der Waals surface area contributed by atoms with E-state index in [0.29, 0.717) is 6.54 Å². The lowest BCUT2D eigenvalue weighted by molar-refractivity contribution is 0.530. The monoisotopic (exact) mass is 117 g/mol. The minimum Gasteiger partial charge on any atom is -0.330 e. The Kier molecular flexibility index (Phi) is 3.77. The molecule has 0 heterocycles. The average molecular weight is 117 g/mol. The van der Waals surface area contributed by atoms with Crippen LogP contribution in [-0.4, -0.2) is 18.6 Å². The van der Waals surface area contributed by atoms with Gasteiger partial charge in [0.1, 0.15) is 0 Å². The van der Waals surface area contributed by atoms with Gasteiger partial charge in [-0.25, -0.2) is 0 Å². The van der Waals surface area contributed by atoms with E-state index in [-0.39, 0.29) is 12.1 Å². The third-order valence-electron chi connectivity index (χ3n) is 1.18. The van der Waals surface area contributed by atoms with Crippen molar-refractivity contribution >= 4 is 0 Å². The van der Waals surface area contributed by atoms with Crippen molar-refractivity contribution in [1.29, 1.82) is 0 Å². The fourth-order valence-electron chi connectivity index (χ4n) is 0.455. The maximum Gasteiger partial charge on any atom is 0.0201 e. The summed E-state index contributed by atoms with van der Waals surface area (Å²) < 4.78 is 0. The highest BCUT2D eigenvalue weighted by Crippen LogP contribution is 1.88. The molecule has 0 saturated heterocycles. The molecule has 2 unspecified atom stereocenters. The summed E-state index contributed by atoms with van der Waals surface area (Å²) in [5, 5.41) is 0. The van der Waals surface area contributed by atoms with Crippen molar-refractivity contribution in [3.8, 4) is 0 Å². The summed E-state index contributed by atoms with van der Waals surface area (Å²) in [7, 11) is 0. The van der Waals surface area contributed by atoms with Crippen LogP contribution in [0.2, 0.25) is 0 Å². The molecule has 0 aromatic carbocycles. The summed E-state index contributed by atoms with van der Waals surface area (Å²) >= 11 is 0. The van der Waals surface area contributed by atoms with E-state index >= 15 is 0 Å². The fraction of sp³-hybridized carbons (Fsp3) is 1.00. The van der Waals surface area contributed by atoms with Gasteiger partial charge in [-0.1, -0.05) is 0 Å². The third kappa shape index (κ3) is 2.96. The molecule has 0 aromatic rings. The number of hydrogen-bond acceptors (Lipinski definition) is 3. The second-order valence-electron chi connectivity index (χ2n) is 2.10. The SMILES string of the molecule is CC(N)C(N)CCN. The van der Waals surface area contributed by atoms with Crippen LogP contribution in [0, 0.1) is 0 Å². The van der Waals surface area contributed by atoms with Crippen LogP contribution in [0.4, 0.5) is 0 Å². The molecule has 3 heteroatoms. The first kappa shape index (κ1) is 7.88. The Morgan fingerprint density at radius 2 is 1.88 bits per heavy atom. The van der Waals surface area contributed by atoms with Gasteiger partial charge in [-0.15, -0.1) is 0 Å². The Hall–Kier alpha value is -0.120. The molecule has 2 atom stereocenters. The normalized spacial score (nSPS) is 18.0. The van der Waals surface area contributed by atoms with E-state index in [1.807, 2.05) is 6.92 Å². The van der Waals surface area contributed by atoms with Crippen LogP contribution in [-0.2, 0) is 0 Å². The Morgan fingerprint density at radius 3 is 2.00 bits per heavy atom. The first-order valence-corrected chi connectivity index (χ1v) is 2.89. The third-order valence-corrected chi connectivity index (χ3v) is 1.18. The summed E-state index contributed by atoms with van der Waals surface area (Å²) in [6.07, 6.45) is 0.817. The molecule has 0 radical (unpaired) electrons. The van der Waals surface area contributed by atoms with Crippen LogP contribution in [0.1, 0.15) is 13.3 Å². The van der Waals surface area contributed by atoms with E-state index in [0.717, 1.165) is 6.42 Å². The van der Waals surface area contributed by atoms with Crippen molar-refractivity contribution < 1.29 is 0 Å². The van der Waals surface area contributed by atoms with Crippen molar-refractivity contribution in [3.05, 3.63) is 0 Å². The van der Waals surface area contributed by atoms with E-state index in [9.17, 15) is 0 Å². The molecule has 0 aliphatic rings. The van der Waals surface area contributed by atoms with Gasteiger partial charge in [0.15, 0.2) is 0 Å². The Bertz CT molecular complexity index is 53.6. The molecule has 0 spiro atoms. The van der Waals surface area contributed by atoms with Crippen LogP contribution in [0.15, 0.2) is 0 Å². The predicted octanol–water partition coefficient (Wildman–Crippen LogP) is -0.990. The minimum absolute atomic E-state index is 0.0681. The fourth-order valence-corrected chi connectivity index (χ4v) is 0.455. The highest BCUT2D eigenvalue weighted by Gasteiger charge is 2.04. The zero-order valence-electron chi connectivity index (χ0n) is 5.30. The van der Waals surface area contributed by atoms with Crippen LogP contribution >= 0.6 is 0 Å². The maximum atomic E-state index is 5.52. The topological polar surface area (TPSA) is 78.1 Å². The van der Waals surface area contributed by atoms with Crippen molar-refractivity contribution in [2.24, 2.45) is 17.2 Å². The molecule has 3 nitrogen and oxygen atoms in total. The van der Waals surface area contributed by atoms with Crippen LogP contribution in [0.5, 0.6) is 0 Å². The van der Waals surface area contributed by atoms with Gasteiger partial charge in [0.05, 0.1) is 0 Å². The Labute approximate surface area is 50.2 Å². The molecular formula is C5H15N3. The summed E-state index contributed by atoms with van der Waals surface area (Å²) in [6, 6.07) is 0.138. The minimum atomic E-state index is 0.0681. The van der Waals surface area contributed by atoms with Crippen molar-refractivity contribution in [2.75, 3.05) is 6.54 Å². The summed E-state index contributed by atoms with van der Waals surface area (Å²) in [5.41, 5.74) is 16.2. The van der Waals surface area contributed by atoms with Crippen molar-refractivity contribution in [3.63, 3.8) is 0 Å². The quantitative estimate of drug-likeness (QED) is 0.444. The maximum absolute atomic E-state index is 5.52. The molecule has 0 saturated carbocycles. The first-order chi connectivity index (χ1) is 3.68. The lowest BCUT2D eigenvalue weighted by Gasteiger charge is -2.12. The molecule has 50 valence electrons. The van der Waals surface area contributed by atoms with Gasteiger partial charge in [-0.3, -0.25) is 0 Å². The van der Waals surface area contributed by atoms with Crippen LogP contribution in [0.25, 0.3) is 0 Å². The van der Waals surface area contributed by atoms with Crippen molar-refractivity contribution in [1.82, 2.24) is 0 Å². The molecule has 8 heavy (non-hydrogen) atoms. The van der Waals surface area contributed by atoms with Gasteiger partial charge in [-0.05, 0) is 19.9 Å². The molecule has 0 aliphatic heterocycles. The highest BCUT2D eigenvalue weighted by atomic mass is 14.8. The van der Waals surface area contributed by atoms with Crippen molar-refractivity contribution in [2.45, 2.75) is 25.4 Å². The Morgan fingerprint density at radius 1 is 1.38 bits per heavy atom. The molecule has 0 fully saturated rings. The van der Waals surface area contributed by atoms with Crippen LogP contribution in [0.3, 0.4) is 0 Å². The van der Waals surface area contributed by atoms with Gasteiger partial charge < -0.3 is 17.2 Å². The largest absolute Gasteiger partial charge is 0.330 e. The van der Waals surface area contributed by atoms with Gasteiger partial charge >= 0.3 is 0 Å². The van der Waals surface area contributed by atoms with Gasteiger partial charge in [-0.2, -0.15) is 0 Å². The first-order valence-electron chi connectivity index (χ1n) is 2.89. The number of hydrogen-bond donors (Lipinski definition) is 3. The van der Waals surface area contributed by atoms with Crippen LogP contribution < -0.4 is 17.2 Å². The average Bonchev–Trinajstić information content (AvgIpc) is 1.67. The second kappa shape index (κ2) is 3.83. The van der Waals surface area contributed by atoms with E-state index < -0.39 is 0 Å². The van der Waals surface area contributed by atoms with E-state index in [4.69, 9.17) is 17.2 Å². The van der Waals surface area contributed by atoms with Gasteiger partial charge in [0.2, 0.25) is 0 Å². The highest BCUT2D eigenvalue weighted by molar-refractivity contribution is 4.70. The Balaban J connectivity index is 3.17. The number of rotatable bonds is 3. The predicted molar refractivity (Wildman–Crippen MR) is 35.3 cm³/mol. The molecule has 0 amide bonds. The lowest BCUT2D eigenvalue weighted by atomic mass is 10.1. The zero-order valence-corrected chi connectivity index (χ0v) is 5.30. The molecule has 0 rings (SSSR count). The molecule has 0 bridgehead atoms. The summed E-state index contributed by atoms with van der Waals surface area (Å²) in [6.45, 7) is 2.52. The molecular weight excluding hydrogens is 102 g/mol. The van der Waals surface area contributed by atoms with E-state index in [1.165, 1.54) is 0 Å².